The molecule has 2 aromatic heterocycles. The van der Waals surface area contributed by atoms with Crippen LogP contribution in [0.25, 0.3) is 22.3 Å². The van der Waals surface area contributed by atoms with Crippen LogP contribution in [0.2, 0.25) is 0 Å². The molecule has 0 amide bonds. The minimum atomic E-state index is -0.410. The summed E-state index contributed by atoms with van der Waals surface area (Å²) >= 11 is 3.42. The van der Waals surface area contributed by atoms with Crippen LogP contribution >= 0.6 is 15.9 Å². The van der Waals surface area contributed by atoms with Crippen molar-refractivity contribution >= 4 is 32.8 Å². The van der Waals surface area contributed by atoms with Gasteiger partial charge in [-0.05, 0) is 36.4 Å². The average Bonchev–Trinajstić information content (AvgIpc) is 2.59. The average molecular weight is 369 g/mol. The molecule has 23 heavy (non-hydrogen) atoms. The Kier molecular flexibility index (Phi) is 4.48. The molecule has 0 aliphatic carbocycles. The fraction of sp³-hybridized carbons (Fsp3) is 0.0556. The Hall–Kier alpha value is -2.53. The maximum Gasteiger partial charge on any atom is 0.339 e. The summed E-state index contributed by atoms with van der Waals surface area (Å²) < 4.78 is 6.07. The van der Waals surface area contributed by atoms with E-state index in [1.807, 2.05) is 36.4 Å². The summed E-state index contributed by atoms with van der Waals surface area (Å²) in [5.41, 5.74) is 2.50. The summed E-state index contributed by atoms with van der Waals surface area (Å²) in [6.45, 7) is 3.72. The minimum Gasteiger partial charge on any atom is -0.458 e. The zero-order valence-corrected chi connectivity index (χ0v) is 13.8. The molecule has 2 heterocycles. The van der Waals surface area contributed by atoms with E-state index >= 15 is 0 Å². The maximum atomic E-state index is 12.4. The highest BCUT2D eigenvalue weighted by molar-refractivity contribution is 9.10. The van der Waals surface area contributed by atoms with Gasteiger partial charge in [0.15, 0.2) is 0 Å². The number of nitrogens with zero attached hydrogens (tertiary/aromatic N) is 2. The number of fused-ring (bicyclic) bond motifs is 1. The van der Waals surface area contributed by atoms with Crippen molar-refractivity contribution in [3.05, 3.63) is 71.4 Å². The van der Waals surface area contributed by atoms with Gasteiger partial charge in [0.2, 0.25) is 0 Å². The summed E-state index contributed by atoms with van der Waals surface area (Å²) in [5.74, 6) is -0.410. The molecule has 3 aromatic rings. The van der Waals surface area contributed by atoms with E-state index in [1.165, 1.54) is 6.08 Å². The van der Waals surface area contributed by atoms with Crippen molar-refractivity contribution in [1.29, 1.82) is 0 Å². The third-order valence-corrected chi connectivity index (χ3v) is 3.74. The molecule has 1 aromatic carbocycles. The van der Waals surface area contributed by atoms with Gasteiger partial charge in [-0.1, -0.05) is 34.7 Å². The van der Waals surface area contributed by atoms with E-state index in [-0.39, 0.29) is 6.61 Å². The van der Waals surface area contributed by atoms with Crippen molar-refractivity contribution in [1.82, 2.24) is 9.97 Å². The highest BCUT2D eigenvalue weighted by Gasteiger charge is 2.15. The topological polar surface area (TPSA) is 52.1 Å². The first-order valence-corrected chi connectivity index (χ1v) is 7.78. The summed E-state index contributed by atoms with van der Waals surface area (Å²) in [6.07, 6.45) is 3.23. The molecule has 0 saturated carbocycles. The lowest BCUT2D eigenvalue weighted by atomic mass is 10.1. The van der Waals surface area contributed by atoms with Crippen LogP contribution in [-0.2, 0) is 4.74 Å². The van der Waals surface area contributed by atoms with Crippen LogP contribution in [0.4, 0.5) is 0 Å². The summed E-state index contributed by atoms with van der Waals surface area (Å²) in [6, 6.07) is 12.9. The van der Waals surface area contributed by atoms with E-state index in [4.69, 9.17) is 4.74 Å². The standard InChI is InChI=1S/C18H13BrN2O2/c1-2-9-23-18(22)14-11-17(16-5-3-4-8-20-16)21-15-7-6-12(19)10-13(14)15/h2-8,10-11H,1,9H2. The lowest BCUT2D eigenvalue weighted by molar-refractivity contribution is 0.0552. The fourth-order valence-electron chi connectivity index (χ4n) is 2.22. The number of rotatable bonds is 4. The van der Waals surface area contributed by atoms with Crippen molar-refractivity contribution in [3.63, 3.8) is 0 Å². The predicted octanol–water partition coefficient (Wildman–Crippen LogP) is 4.40. The SMILES string of the molecule is C=CCOC(=O)c1cc(-c2ccccn2)nc2ccc(Br)cc12. The molecular weight excluding hydrogens is 356 g/mol. The van der Waals surface area contributed by atoms with Crippen molar-refractivity contribution < 1.29 is 9.53 Å². The smallest absolute Gasteiger partial charge is 0.339 e. The van der Waals surface area contributed by atoms with Crippen LogP contribution < -0.4 is 0 Å². The monoisotopic (exact) mass is 368 g/mol. The molecule has 0 bridgehead atoms. The molecule has 0 aliphatic heterocycles. The van der Waals surface area contributed by atoms with Crippen molar-refractivity contribution in [2.75, 3.05) is 6.61 Å². The normalized spacial score (nSPS) is 10.5. The quantitative estimate of drug-likeness (QED) is 0.505. The number of pyridine rings is 2. The summed E-state index contributed by atoms with van der Waals surface area (Å²) in [4.78, 5) is 21.3. The molecule has 4 nitrogen and oxygen atoms in total. The van der Waals surface area contributed by atoms with Gasteiger partial charge >= 0.3 is 5.97 Å². The Morgan fingerprint density at radius 2 is 2.09 bits per heavy atom. The molecule has 114 valence electrons. The van der Waals surface area contributed by atoms with Gasteiger partial charge in [-0.2, -0.15) is 0 Å². The lowest BCUT2D eigenvalue weighted by Gasteiger charge is -2.09. The van der Waals surface area contributed by atoms with Crippen LogP contribution in [0.1, 0.15) is 10.4 Å². The van der Waals surface area contributed by atoms with Crippen molar-refractivity contribution in [2.24, 2.45) is 0 Å². The molecule has 3 rings (SSSR count). The third-order valence-electron chi connectivity index (χ3n) is 3.25. The minimum absolute atomic E-state index is 0.162. The molecule has 5 heteroatoms. The number of ether oxygens (including phenoxy) is 1. The van der Waals surface area contributed by atoms with Gasteiger partial charge < -0.3 is 4.74 Å². The van der Waals surface area contributed by atoms with Crippen LogP contribution in [-0.4, -0.2) is 22.5 Å². The van der Waals surface area contributed by atoms with Crippen LogP contribution in [0.5, 0.6) is 0 Å². The second kappa shape index (κ2) is 6.71. The van der Waals surface area contributed by atoms with Gasteiger partial charge in [-0.25, -0.2) is 9.78 Å². The van der Waals surface area contributed by atoms with E-state index < -0.39 is 5.97 Å². The van der Waals surface area contributed by atoms with E-state index in [9.17, 15) is 4.79 Å². The number of aromatic nitrogens is 2. The predicted molar refractivity (Wildman–Crippen MR) is 93.2 cm³/mol. The highest BCUT2D eigenvalue weighted by Crippen LogP contribution is 2.26. The van der Waals surface area contributed by atoms with Crippen LogP contribution in [0, 0.1) is 0 Å². The first kappa shape index (κ1) is 15.4. The van der Waals surface area contributed by atoms with E-state index in [0.29, 0.717) is 22.5 Å². The number of carbonyl (C=O) groups is 1. The molecule has 0 N–H and O–H groups in total. The molecule has 0 radical (unpaired) electrons. The largest absolute Gasteiger partial charge is 0.458 e. The second-order valence-corrected chi connectivity index (χ2v) is 5.73. The number of halogens is 1. The van der Waals surface area contributed by atoms with Gasteiger partial charge in [0.1, 0.15) is 6.61 Å². The van der Waals surface area contributed by atoms with Gasteiger partial charge in [-0.15, -0.1) is 0 Å². The molecule has 0 atom stereocenters. The Labute approximate surface area is 142 Å². The van der Waals surface area contributed by atoms with E-state index in [2.05, 4.69) is 32.5 Å². The molecule has 0 aliphatic rings. The van der Waals surface area contributed by atoms with Gasteiger partial charge in [0, 0.05) is 16.1 Å². The molecular formula is C18H13BrN2O2. The number of hydrogen-bond donors (Lipinski definition) is 0. The first-order chi connectivity index (χ1) is 11.2. The lowest BCUT2D eigenvalue weighted by Crippen LogP contribution is -2.07. The number of benzene rings is 1. The Morgan fingerprint density at radius 3 is 2.83 bits per heavy atom. The molecule has 0 fully saturated rings. The van der Waals surface area contributed by atoms with Crippen LogP contribution in [0.3, 0.4) is 0 Å². The molecule has 0 saturated heterocycles. The zero-order valence-electron chi connectivity index (χ0n) is 12.2. The summed E-state index contributed by atoms with van der Waals surface area (Å²) in [7, 11) is 0. The van der Waals surface area contributed by atoms with Crippen molar-refractivity contribution in [3.8, 4) is 11.4 Å². The highest BCUT2D eigenvalue weighted by atomic mass is 79.9. The Morgan fingerprint density at radius 1 is 1.22 bits per heavy atom. The number of carbonyl (C=O) groups excluding carboxylic acids is 1. The third kappa shape index (κ3) is 3.29. The Balaban J connectivity index is 2.19. The van der Waals surface area contributed by atoms with Crippen molar-refractivity contribution in [2.45, 2.75) is 0 Å². The number of hydrogen-bond acceptors (Lipinski definition) is 4. The first-order valence-electron chi connectivity index (χ1n) is 6.99. The summed E-state index contributed by atoms with van der Waals surface area (Å²) in [5, 5.41) is 0.730. The van der Waals surface area contributed by atoms with Gasteiger partial charge in [0.05, 0.1) is 22.5 Å². The Bertz CT molecular complexity index is 879. The molecule has 0 spiro atoms. The fourth-order valence-corrected chi connectivity index (χ4v) is 2.59. The van der Waals surface area contributed by atoms with E-state index in [1.54, 1.807) is 12.3 Å². The van der Waals surface area contributed by atoms with Gasteiger partial charge in [-0.3, -0.25) is 4.98 Å². The van der Waals surface area contributed by atoms with Crippen LogP contribution in [0.15, 0.2) is 65.8 Å². The maximum absolute atomic E-state index is 12.4. The van der Waals surface area contributed by atoms with Gasteiger partial charge in [0.25, 0.3) is 0 Å². The zero-order chi connectivity index (χ0) is 16.2. The number of esters is 1. The second-order valence-electron chi connectivity index (χ2n) is 4.82. The molecule has 0 unspecified atom stereocenters. The van der Waals surface area contributed by atoms with E-state index in [0.717, 1.165) is 9.86 Å².